The van der Waals surface area contributed by atoms with Gasteiger partial charge in [-0.1, -0.05) is 12.8 Å². The first-order valence-corrected chi connectivity index (χ1v) is 9.82. The minimum absolute atomic E-state index is 0.287. The molecule has 0 unspecified atom stereocenters. The largest absolute Gasteiger partial charge is 0.342 e. The molecule has 2 aromatic heterocycles. The quantitative estimate of drug-likeness (QED) is 0.843. The van der Waals surface area contributed by atoms with Crippen LogP contribution < -0.4 is 0 Å². The number of hydrogen-bond acceptors (Lipinski definition) is 4. The molecule has 1 aliphatic heterocycles. The third kappa shape index (κ3) is 2.62. The Labute approximate surface area is 147 Å². The van der Waals surface area contributed by atoms with Gasteiger partial charge >= 0.3 is 0 Å². The molecular formula is C19H25N5O. The molecule has 5 rings (SSSR count). The fourth-order valence-electron chi connectivity index (χ4n) is 4.84. The molecule has 0 atom stereocenters. The van der Waals surface area contributed by atoms with E-state index in [1.165, 1.54) is 30.5 Å². The lowest BCUT2D eigenvalue weighted by Gasteiger charge is -2.32. The van der Waals surface area contributed by atoms with Crippen molar-refractivity contribution in [3.63, 3.8) is 0 Å². The molecule has 0 aromatic carbocycles. The van der Waals surface area contributed by atoms with Gasteiger partial charge in [0.2, 0.25) is 5.91 Å². The smallest absolute Gasteiger partial charge is 0.225 e. The molecule has 0 N–H and O–H groups in total. The van der Waals surface area contributed by atoms with Crippen LogP contribution in [0.5, 0.6) is 0 Å². The Morgan fingerprint density at radius 1 is 1.00 bits per heavy atom. The molecule has 25 heavy (non-hydrogen) atoms. The molecular weight excluding hydrogens is 314 g/mol. The van der Waals surface area contributed by atoms with Gasteiger partial charge < -0.3 is 4.90 Å². The van der Waals surface area contributed by atoms with Crippen LogP contribution in [-0.2, 0) is 17.6 Å². The summed E-state index contributed by atoms with van der Waals surface area (Å²) in [4.78, 5) is 14.7. The van der Waals surface area contributed by atoms with Crippen LogP contribution in [0.3, 0.4) is 0 Å². The zero-order chi connectivity index (χ0) is 16.8. The third-order valence-corrected chi connectivity index (χ3v) is 6.32. The number of rotatable bonds is 2. The average molecular weight is 339 g/mol. The van der Waals surface area contributed by atoms with Gasteiger partial charge in [-0.3, -0.25) is 4.79 Å². The third-order valence-electron chi connectivity index (χ3n) is 6.32. The van der Waals surface area contributed by atoms with Crippen LogP contribution in [0.25, 0.3) is 5.65 Å². The van der Waals surface area contributed by atoms with Crippen molar-refractivity contribution in [3.05, 3.63) is 23.1 Å². The highest BCUT2D eigenvalue weighted by atomic mass is 16.2. The molecule has 3 heterocycles. The van der Waals surface area contributed by atoms with Gasteiger partial charge in [0.05, 0.1) is 5.69 Å². The molecule has 0 spiro atoms. The van der Waals surface area contributed by atoms with E-state index >= 15 is 0 Å². The summed E-state index contributed by atoms with van der Waals surface area (Å²) in [5, 5.41) is 13.6. The zero-order valence-corrected chi connectivity index (χ0v) is 14.7. The lowest BCUT2D eigenvalue weighted by atomic mass is 9.94. The SMILES string of the molecule is O=C(C1CCCC1)N1CCC(c2nnc3cc4c(nn23)CCC4)CC1. The summed E-state index contributed by atoms with van der Waals surface area (Å²) < 4.78 is 1.96. The number of amides is 1. The maximum absolute atomic E-state index is 12.6. The molecule has 2 fully saturated rings. The number of aromatic nitrogens is 4. The average Bonchev–Trinajstić information content (AvgIpc) is 3.39. The highest BCUT2D eigenvalue weighted by Gasteiger charge is 2.32. The topological polar surface area (TPSA) is 63.4 Å². The summed E-state index contributed by atoms with van der Waals surface area (Å²) in [6.45, 7) is 1.69. The molecule has 132 valence electrons. The maximum Gasteiger partial charge on any atom is 0.225 e. The first-order valence-electron chi connectivity index (χ1n) is 9.82. The van der Waals surface area contributed by atoms with E-state index in [1.807, 2.05) is 4.52 Å². The Morgan fingerprint density at radius 2 is 1.80 bits per heavy atom. The van der Waals surface area contributed by atoms with Gasteiger partial charge in [0, 0.05) is 24.9 Å². The lowest BCUT2D eigenvalue weighted by molar-refractivity contribution is -0.136. The molecule has 6 heteroatoms. The zero-order valence-electron chi connectivity index (χ0n) is 14.7. The van der Waals surface area contributed by atoms with Crippen LogP contribution in [-0.4, -0.2) is 43.7 Å². The summed E-state index contributed by atoms with van der Waals surface area (Å²) >= 11 is 0. The number of hydrogen-bond donors (Lipinski definition) is 0. The number of carbonyl (C=O) groups excluding carboxylic acids is 1. The van der Waals surface area contributed by atoms with Gasteiger partial charge in [0.15, 0.2) is 11.5 Å². The van der Waals surface area contributed by atoms with E-state index in [4.69, 9.17) is 5.10 Å². The number of aryl methyl sites for hydroxylation is 2. The van der Waals surface area contributed by atoms with Gasteiger partial charge in [0.25, 0.3) is 0 Å². The Kier molecular flexibility index (Phi) is 3.71. The predicted octanol–water partition coefficient (Wildman–Crippen LogP) is 2.51. The number of fused-ring (bicyclic) bond motifs is 2. The first kappa shape index (κ1) is 15.3. The van der Waals surface area contributed by atoms with Gasteiger partial charge in [-0.05, 0) is 56.6 Å². The normalized spacial score (nSPS) is 22.0. The Morgan fingerprint density at radius 3 is 2.60 bits per heavy atom. The predicted molar refractivity (Wildman–Crippen MR) is 93.3 cm³/mol. The molecule has 3 aliphatic rings. The lowest BCUT2D eigenvalue weighted by Crippen LogP contribution is -2.41. The van der Waals surface area contributed by atoms with Gasteiger partial charge in [0.1, 0.15) is 0 Å². The van der Waals surface area contributed by atoms with Crippen LogP contribution >= 0.6 is 0 Å². The highest BCUT2D eigenvalue weighted by Crippen LogP contribution is 2.31. The van der Waals surface area contributed by atoms with Crippen molar-refractivity contribution in [2.45, 2.75) is 63.7 Å². The molecule has 2 aliphatic carbocycles. The molecule has 1 amide bonds. The van der Waals surface area contributed by atoms with Gasteiger partial charge in [-0.15, -0.1) is 10.2 Å². The number of nitrogens with zero attached hydrogens (tertiary/aromatic N) is 5. The van der Waals surface area contributed by atoms with Crippen molar-refractivity contribution in [1.82, 2.24) is 24.7 Å². The highest BCUT2D eigenvalue weighted by molar-refractivity contribution is 5.79. The van der Waals surface area contributed by atoms with E-state index in [1.54, 1.807) is 0 Å². The monoisotopic (exact) mass is 339 g/mol. The standard InChI is InChI=1S/C19H25N5O/c25-19(14-4-1-2-5-14)23-10-8-13(9-11-23)18-21-20-17-12-15-6-3-7-16(15)22-24(17)18/h12-14H,1-11H2. The summed E-state index contributed by atoms with van der Waals surface area (Å²) in [7, 11) is 0. The molecule has 2 aromatic rings. The Bertz CT molecular complexity index is 799. The van der Waals surface area contributed by atoms with Crippen LogP contribution in [0.15, 0.2) is 6.07 Å². The Balaban J connectivity index is 1.32. The van der Waals surface area contributed by atoms with E-state index < -0.39 is 0 Å². The van der Waals surface area contributed by atoms with Crippen LogP contribution in [0.4, 0.5) is 0 Å². The minimum Gasteiger partial charge on any atom is -0.342 e. The molecule has 0 radical (unpaired) electrons. The molecule has 1 saturated carbocycles. The van der Waals surface area contributed by atoms with Crippen LogP contribution in [0, 0.1) is 5.92 Å². The van der Waals surface area contributed by atoms with E-state index in [0.29, 0.717) is 11.8 Å². The summed E-state index contributed by atoms with van der Waals surface area (Å²) in [6, 6.07) is 2.16. The Hall–Kier alpha value is -1.98. The fourth-order valence-corrected chi connectivity index (χ4v) is 4.84. The van der Waals surface area contributed by atoms with Crippen molar-refractivity contribution in [2.75, 3.05) is 13.1 Å². The summed E-state index contributed by atoms with van der Waals surface area (Å²) in [6.07, 6.45) is 9.92. The van der Waals surface area contributed by atoms with E-state index in [-0.39, 0.29) is 5.92 Å². The van der Waals surface area contributed by atoms with E-state index in [0.717, 1.165) is 63.1 Å². The van der Waals surface area contributed by atoms with E-state index in [2.05, 4.69) is 21.2 Å². The molecule has 6 nitrogen and oxygen atoms in total. The van der Waals surface area contributed by atoms with Crippen molar-refractivity contribution >= 4 is 11.6 Å². The maximum atomic E-state index is 12.6. The second-order valence-electron chi connectivity index (χ2n) is 7.88. The van der Waals surface area contributed by atoms with E-state index in [9.17, 15) is 4.79 Å². The summed E-state index contributed by atoms with van der Waals surface area (Å²) in [5.74, 6) is 2.01. The summed E-state index contributed by atoms with van der Waals surface area (Å²) in [5.41, 5.74) is 3.42. The number of carbonyl (C=O) groups is 1. The second kappa shape index (κ2) is 6.07. The van der Waals surface area contributed by atoms with Gasteiger partial charge in [-0.2, -0.15) is 9.61 Å². The van der Waals surface area contributed by atoms with Crippen LogP contribution in [0.1, 0.15) is 67.9 Å². The van der Waals surface area contributed by atoms with Crippen molar-refractivity contribution in [2.24, 2.45) is 5.92 Å². The fraction of sp³-hybridized carbons (Fsp3) is 0.684. The van der Waals surface area contributed by atoms with Crippen molar-refractivity contribution in [3.8, 4) is 0 Å². The number of likely N-dealkylation sites (tertiary alicyclic amines) is 1. The van der Waals surface area contributed by atoms with Crippen LogP contribution in [0.2, 0.25) is 0 Å². The number of piperidine rings is 1. The molecule has 1 saturated heterocycles. The van der Waals surface area contributed by atoms with Crippen molar-refractivity contribution in [1.29, 1.82) is 0 Å². The second-order valence-corrected chi connectivity index (χ2v) is 7.88. The van der Waals surface area contributed by atoms with Crippen molar-refractivity contribution < 1.29 is 4.79 Å². The molecule has 0 bridgehead atoms. The minimum atomic E-state index is 0.287. The first-order chi connectivity index (χ1) is 12.3. The van der Waals surface area contributed by atoms with Gasteiger partial charge in [-0.25, -0.2) is 0 Å².